The molecule has 0 bridgehead atoms. The molecular weight excluding hydrogens is 1090 g/mol. The summed E-state index contributed by atoms with van der Waals surface area (Å²) in [5.74, 6) is 2.04. The van der Waals surface area contributed by atoms with Crippen molar-refractivity contribution in [2.45, 2.75) is 229 Å². The average molecular weight is 1200 g/mol. The zero-order valence-electron chi connectivity index (χ0n) is 56.4. The summed E-state index contributed by atoms with van der Waals surface area (Å²) in [6.45, 7) is 29.0. The molecule has 4 rings (SSSR count). The van der Waals surface area contributed by atoms with Gasteiger partial charge in [0.1, 0.15) is 13.2 Å². The van der Waals surface area contributed by atoms with E-state index in [1.54, 1.807) is 26.4 Å². The van der Waals surface area contributed by atoms with Crippen LogP contribution in [0.4, 0.5) is 0 Å². The summed E-state index contributed by atoms with van der Waals surface area (Å²) in [5.41, 5.74) is 18.5. The van der Waals surface area contributed by atoms with Crippen molar-refractivity contribution in [1.29, 1.82) is 0 Å². The molecule has 4 aromatic carbocycles. The average Bonchev–Trinajstić information content (AvgIpc) is 1.19. The first-order valence-electron chi connectivity index (χ1n) is 32.2. The van der Waals surface area contributed by atoms with Gasteiger partial charge in [-0.2, -0.15) is 0 Å². The summed E-state index contributed by atoms with van der Waals surface area (Å²) in [6, 6.07) is 27.3. The number of hydrogen-bond donors (Lipinski definition) is 0. The standard InChI is InChI=1S/C80H110O6S/c1-60(2)30-22-31-61(3)32-23-33-62(4)34-24-35-63(5)36-25-37-64(6)38-26-39-65(7)40-27-41-66(8)42-28-43-67(9)44-29-45-69(11)56-75(87(81,82)74-53-50-68(10)51-54-74)57-70(12)52-55-76-71(13)77(85-58-72-46-18-16-19-47-72)79(83-14)80(84-15)78(76)86-59-73-48-20-17-21-49-73/h16-21,30,32,34,36,38,40,42,44,46-54,56,75H,22-29,31,33,35,37,39,41,43,45,55,57-59H2,1-15H3/b61-32+,62-34+,63-36+,64-38+,65-40+,66-42+,67-44+,69-56+,70-52+. The highest BCUT2D eigenvalue weighted by molar-refractivity contribution is 7.92. The minimum absolute atomic E-state index is 0.318. The summed E-state index contributed by atoms with van der Waals surface area (Å²) < 4.78 is 54.3. The van der Waals surface area contributed by atoms with E-state index in [1.807, 2.05) is 99.6 Å². The van der Waals surface area contributed by atoms with E-state index in [0.717, 1.165) is 135 Å². The zero-order chi connectivity index (χ0) is 63.6. The maximum atomic E-state index is 14.6. The number of allylic oxidation sites excluding steroid dienone is 19. The molecule has 0 aliphatic carbocycles. The van der Waals surface area contributed by atoms with Crippen LogP contribution in [-0.4, -0.2) is 27.9 Å². The molecule has 0 heterocycles. The van der Waals surface area contributed by atoms with Gasteiger partial charge < -0.3 is 18.9 Å². The Kier molecular flexibility index (Phi) is 33.6. The molecule has 4 aromatic rings. The van der Waals surface area contributed by atoms with Crippen LogP contribution in [0.1, 0.15) is 213 Å². The summed E-state index contributed by atoms with van der Waals surface area (Å²) in [6.07, 6.45) is 41.4. The predicted octanol–water partition coefficient (Wildman–Crippen LogP) is 23.0. The molecule has 472 valence electrons. The van der Waals surface area contributed by atoms with Crippen LogP contribution in [0.15, 0.2) is 206 Å². The van der Waals surface area contributed by atoms with E-state index >= 15 is 0 Å². The van der Waals surface area contributed by atoms with E-state index in [1.165, 1.54) is 51.0 Å². The molecule has 0 aliphatic heterocycles. The first-order chi connectivity index (χ1) is 41.7. The Morgan fingerprint density at radius 2 is 0.747 bits per heavy atom. The van der Waals surface area contributed by atoms with Gasteiger partial charge in [-0.3, -0.25) is 0 Å². The van der Waals surface area contributed by atoms with Gasteiger partial charge in [-0.1, -0.05) is 195 Å². The molecule has 0 saturated heterocycles. The maximum Gasteiger partial charge on any atom is 0.207 e. The highest BCUT2D eigenvalue weighted by Gasteiger charge is 2.28. The third-order valence-electron chi connectivity index (χ3n) is 16.3. The monoisotopic (exact) mass is 1200 g/mol. The third-order valence-corrected chi connectivity index (χ3v) is 18.3. The van der Waals surface area contributed by atoms with Crippen molar-refractivity contribution >= 4 is 9.84 Å². The molecule has 0 aliphatic rings. The SMILES string of the molecule is COc1c(OCc2ccccc2)c(C)c(C/C=C(\C)CC(/C=C(\C)CC/C=C(\C)CC/C=C(\C)CC/C=C(\C)CC/C=C(\C)CC/C=C(\C)CC/C=C(\C)CC/C=C(\C)CCC=C(C)C)S(=O)(=O)c2ccc(C)cc2)c(OCc2ccccc2)c1OC. The van der Waals surface area contributed by atoms with Crippen molar-refractivity contribution in [2.75, 3.05) is 14.2 Å². The fraction of sp³-hybridized carbons (Fsp3) is 0.450. The second kappa shape index (κ2) is 40.1. The van der Waals surface area contributed by atoms with Crippen molar-refractivity contribution in [3.63, 3.8) is 0 Å². The van der Waals surface area contributed by atoms with Crippen LogP contribution in [0.3, 0.4) is 0 Å². The van der Waals surface area contributed by atoms with Crippen LogP contribution in [0.25, 0.3) is 0 Å². The Hall–Kier alpha value is -6.57. The van der Waals surface area contributed by atoms with Crippen LogP contribution in [0.2, 0.25) is 0 Å². The number of sulfone groups is 1. The molecule has 0 saturated carbocycles. The summed E-state index contributed by atoms with van der Waals surface area (Å²) >= 11 is 0. The van der Waals surface area contributed by atoms with Gasteiger partial charge in [0.2, 0.25) is 11.5 Å². The normalized spacial score (nSPS) is 13.9. The fourth-order valence-electron chi connectivity index (χ4n) is 10.6. The molecule has 0 fully saturated rings. The smallest absolute Gasteiger partial charge is 0.207 e. The highest BCUT2D eigenvalue weighted by atomic mass is 32.2. The lowest BCUT2D eigenvalue weighted by molar-refractivity contribution is 0.253. The zero-order valence-corrected chi connectivity index (χ0v) is 57.3. The molecule has 7 heteroatoms. The number of hydrogen-bond acceptors (Lipinski definition) is 6. The quantitative estimate of drug-likeness (QED) is 0.0415. The molecule has 0 amide bonds. The van der Waals surface area contributed by atoms with Crippen molar-refractivity contribution in [2.24, 2.45) is 0 Å². The van der Waals surface area contributed by atoms with Crippen LogP contribution in [0, 0.1) is 13.8 Å². The Morgan fingerprint density at radius 3 is 1.11 bits per heavy atom. The molecule has 1 atom stereocenters. The number of aryl methyl sites for hydroxylation is 1. The van der Waals surface area contributed by atoms with Crippen LogP contribution in [0.5, 0.6) is 23.0 Å². The highest BCUT2D eigenvalue weighted by Crippen LogP contribution is 2.50. The minimum Gasteiger partial charge on any atom is -0.490 e. The Labute approximate surface area is 529 Å². The molecule has 0 radical (unpaired) electrons. The Balaban J connectivity index is 1.31. The summed E-state index contributed by atoms with van der Waals surface area (Å²) in [7, 11) is -0.511. The van der Waals surface area contributed by atoms with Crippen molar-refractivity contribution in [1.82, 2.24) is 0 Å². The Morgan fingerprint density at radius 1 is 0.402 bits per heavy atom. The third kappa shape index (κ3) is 28.0. The van der Waals surface area contributed by atoms with Gasteiger partial charge in [0.15, 0.2) is 21.3 Å². The van der Waals surface area contributed by atoms with Gasteiger partial charge in [-0.15, -0.1) is 0 Å². The summed E-state index contributed by atoms with van der Waals surface area (Å²) in [4.78, 5) is 0.330. The second-order valence-electron chi connectivity index (χ2n) is 24.7. The van der Waals surface area contributed by atoms with E-state index in [-0.39, 0.29) is 0 Å². The van der Waals surface area contributed by atoms with Crippen LogP contribution < -0.4 is 18.9 Å². The molecule has 6 nitrogen and oxygen atoms in total. The van der Waals surface area contributed by atoms with Gasteiger partial charge in [0.05, 0.1) is 24.4 Å². The number of methoxy groups -OCH3 is 2. The van der Waals surface area contributed by atoms with Gasteiger partial charge >= 0.3 is 0 Å². The van der Waals surface area contributed by atoms with E-state index in [4.69, 9.17) is 18.9 Å². The molecule has 0 aromatic heterocycles. The van der Waals surface area contributed by atoms with E-state index in [0.29, 0.717) is 53.9 Å². The number of ether oxygens (including phenoxy) is 4. The number of benzene rings is 4. The van der Waals surface area contributed by atoms with Crippen molar-refractivity contribution in [3.8, 4) is 23.0 Å². The molecular formula is C80H110O6S. The van der Waals surface area contributed by atoms with Crippen molar-refractivity contribution in [3.05, 3.63) is 229 Å². The topological polar surface area (TPSA) is 71.1 Å². The molecule has 87 heavy (non-hydrogen) atoms. The van der Waals surface area contributed by atoms with E-state index < -0.39 is 15.1 Å². The lowest BCUT2D eigenvalue weighted by Crippen LogP contribution is -2.20. The minimum atomic E-state index is -3.73. The first-order valence-corrected chi connectivity index (χ1v) is 33.7. The number of rotatable bonds is 39. The maximum absolute atomic E-state index is 14.6. The van der Waals surface area contributed by atoms with E-state index in [9.17, 15) is 8.42 Å². The predicted molar refractivity (Wildman–Crippen MR) is 373 cm³/mol. The van der Waals surface area contributed by atoms with Gasteiger partial charge in [0.25, 0.3) is 0 Å². The van der Waals surface area contributed by atoms with Crippen molar-refractivity contribution < 1.29 is 27.4 Å². The van der Waals surface area contributed by atoms with Gasteiger partial charge in [-0.25, -0.2) is 8.42 Å². The van der Waals surface area contributed by atoms with Gasteiger partial charge in [-0.05, 0) is 229 Å². The fourth-order valence-corrected chi connectivity index (χ4v) is 12.3. The molecule has 0 N–H and O–H groups in total. The second-order valence-corrected chi connectivity index (χ2v) is 26.9. The lowest BCUT2D eigenvalue weighted by atomic mass is 9.98. The van der Waals surface area contributed by atoms with Gasteiger partial charge in [0, 0.05) is 11.1 Å². The summed E-state index contributed by atoms with van der Waals surface area (Å²) in [5, 5.41) is -0.754. The molecule has 1 unspecified atom stereocenters. The van der Waals surface area contributed by atoms with Crippen LogP contribution >= 0.6 is 0 Å². The Bertz CT molecular complexity index is 3170. The molecule has 0 spiro atoms. The lowest BCUT2D eigenvalue weighted by Gasteiger charge is -2.23. The largest absolute Gasteiger partial charge is 0.490 e. The van der Waals surface area contributed by atoms with E-state index in [2.05, 4.69) is 124 Å². The van der Waals surface area contributed by atoms with Crippen LogP contribution in [-0.2, 0) is 29.5 Å². The first kappa shape index (κ1) is 72.9.